The van der Waals surface area contributed by atoms with Crippen molar-refractivity contribution in [3.8, 4) is 0 Å². The summed E-state index contributed by atoms with van der Waals surface area (Å²) in [5, 5.41) is 4.13. The molecule has 1 aromatic heterocycles. The molecule has 0 saturated heterocycles. The highest BCUT2D eigenvalue weighted by Gasteiger charge is 2.23. The van der Waals surface area contributed by atoms with E-state index < -0.39 is 10.0 Å². The Kier molecular flexibility index (Phi) is 4.31. The lowest BCUT2D eigenvalue weighted by Crippen LogP contribution is -2.24. The first-order valence-corrected chi connectivity index (χ1v) is 8.33. The molecule has 108 valence electrons. The van der Waals surface area contributed by atoms with Crippen molar-refractivity contribution in [3.05, 3.63) is 45.7 Å². The van der Waals surface area contributed by atoms with Crippen molar-refractivity contribution in [1.29, 1.82) is 0 Å². The van der Waals surface area contributed by atoms with Gasteiger partial charge in [0.15, 0.2) is 0 Å². The van der Waals surface area contributed by atoms with Crippen LogP contribution in [0.3, 0.4) is 0 Å². The molecule has 5 nitrogen and oxygen atoms in total. The Morgan fingerprint density at radius 1 is 1.25 bits per heavy atom. The van der Waals surface area contributed by atoms with E-state index >= 15 is 0 Å². The van der Waals surface area contributed by atoms with Gasteiger partial charge in [0.1, 0.15) is 4.90 Å². The van der Waals surface area contributed by atoms with Gasteiger partial charge in [0.2, 0.25) is 10.0 Å². The number of sulfonamides is 1. The van der Waals surface area contributed by atoms with Gasteiger partial charge < -0.3 is 0 Å². The van der Waals surface area contributed by atoms with Gasteiger partial charge >= 0.3 is 0 Å². The van der Waals surface area contributed by atoms with Gasteiger partial charge in [-0.2, -0.15) is 5.10 Å². The standard InChI is InChI=1S/C13H16BrN3O2S/c1-9-13(10(2)17(3)16-9)20(18,19)15-8-11-4-6-12(14)7-5-11/h4-7,15H,8H2,1-3H3. The molecular weight excluding hydrogens is 342 g/mol. The number of hydrogen-bond donors (Lipinski definition) is 1. The van der Waals surface area contributed by atoms with Crippen LogP contribution in [0.25, 0.3) is 0 Å². The molecule has 20 heavy (non-hydrogen) atoms. The topological polar surface area (TPSA) is 64.0 Å². The molecule has 0 spiro atoms. The minimum Gasteiger partial charge on any atom is -0.271 e. The van der Waals surface area contributed by atoms with Gasteiger partial charge in [0.05, 0.1) is 11.4 Å². The van der Waals surface area contributed by atoms with E-state index in [0.717, 1.165) is 10.0 Å². The summed E-state index contributed by atoms with van der Waals surface area (Å²) in [6.45, 7) is 3.69. The lowest BCUT2D eigenvalue weighted by Gasteiger charge is -2.07. The van der Waals surface area contributed by atoms with Crippen molar-refractivity contribution in [2.45, 2.75) is 25.3 Å². The van der Waals surface area contributed by atoms with Crippen molar-refractivity contribution in [2.75, 3.05) is 0 Å². The average molecular weight is 358 g/mol. The van der Waals surface area contributed by atoms with Gasteiger partial charge in [0.25, 0.3) is 0 Å². The Labute approximate surface area is 127 Å². The first-order chi connectivity index (χ1) is 9.31. The summed E-state index contributed by atoms with van der Waals surface area (Å²) < 4.78 is 29.9. The van der Waals surface area contributed by atoms with E-state index in [9.17, 15) is 8.42 Å². The van der Waals surface area contributed by atoms with E-state index in [-0.39, 0.29) is 11.4 Å². The SMILES string of the molecule is Cc1nn(C)c(C)c1S(=O)(=O)NCc1ccc(Br)cc1. The molecule has 0 saturated carbocycles. The molecular formula is C13H16BrN3O2S. The smallest absolute Gasteiger partial charge is 0.244 e. The van der Waals surface area contributed by atoms with Gasteiger partial charge in [-0.15, -0.1) is 0 Å². The molecule has 0 bridgehead atoms. The summed E-state index contributed by atoms with van der Waals surface area (Å²) in [6.07, 6.45) is 0. The molecule has 0 aliphatic rings. The number of hydrogen-bond acceptors (Lipinski definition) is 3. The molecule has 2 aromatic rings. The van der Waals surface area contributed by atoms with Gasteiger partial charge in [-0.1, -0.05) is 28.1 Å². The molecule has 1 aromatic carbocycles. The van der Waals surface area contributed by atoms with Crippen molar-refractivity contribution in [1.82, 2.24) is 14.5 Å². The van der Waals surface area contributed by atoms with Crippen LogP contribution in [-0.2, 0) is 23.6 Å². The Morgan fingerprint density at radius 3 is 2.35 bits per heavy atom. The number of nitrogens with one attached hydrogen (secondary N) is 1. The van der Waals surface area contributed by atoms with Crippen molar-refractivity contribution in [3.63, 3.8) is 0 Å². The van der Waals surface area contributed by atoms with Crippen LogP contribution in [0.2, 0.25) is 0 Å². The van der Waals surface area contributed by atoms with E-state index in [1.165, 1.54) is 0 Å². The van der Waals surface area contributed by atoms with Gasteiger partial charge in [-0.05, 0) is 31.5 Å². The monoisotopic (exact) mass is 357 g/mol. The zero-order chi connectivity index (χ0) is 14.9. The van der Waals surface area contributed by atoms with Crippen LogP contribution in [0.15, 0.2) is 33.6 Å². The molecule has 7 heteroatoms. The minimum atomic E-state index is -3.55. The predicted molar refractivity (Wildman–Crippen MR) is 80.8 cm³/mol. The highest BCUT2D eigenvalue weighted by atomic mass is 79.9. The van der Waals surface area contributed by atoms with Crippen LogP contribution in [0, 0.1) is 13.8 Å². The molecule has 0 aliphatic carbocycles. The number of nitrogens with zero attached hydrogens (tertiary/aromatic N) is 2. The first-order valence-electron chi connectivity index (χ1n) is 6.05. The van der Waals surface area contributed by atoms with E-state index in [4.69, 9.17) is 0 Å². The molecule has 0 fully saturated rings. The first kappa shape index (κ1) is 15.2. The van der Waals surface area contributed by atoms with Crippen molar-refractivity contribution >= 4 is 26.0 Å². The molecule has 0 amide bonds. The van der Waals surface area contributed by atoms with Crippen molar-refractivity contribution in [2.24, 2.45) is 7.05 Å². The summed E-state index contributed by atoms with van der Waals surface area (Å²) in [5.41, 5.74) is 2.04. The normalized spacial score (nSPS) is 11.8. The number of aryl methyl sites for hydroxylation is 2. The summed E-state index contributed by atoms with van der Waals surface area (Å²) in [6, 6.07) is 7.50. The molecule has 1 N–H and O–H groups in total. The maximum absolute atomic E-state index is 12.4. The second-order valence-corrected chi connectivity index (χ2v) is 7.19. The lowest BCUT2D eigenvalue weighted by molar-refractivity contribution is 0.579. The number of rotatable bonds is 4. The molecule has 0 aliphatic heterocycles. The zero-order valence-electron chi connectivity index (χ0n) is 11.5. The maximum atomic E-state index is 12.4. The molecule has 0 atom stereocenters. The predicted octanol–water partition coefficient (Wildman–Crippen LogP) is 2.28. The van der Waals surface area contributed by atoms with Gasteiger partial charge in [0, 0.05) is 18.1 Å². The number of aromatic nitrogens is 2. The number of benzene rings is 1. The Morgan fingerprint density at radius 2 is 1.85 bits per heavy atom. The lowest BCUT2D eigenvalue weighted by atomic mass is 10.2. The highest BCUT2D eigenvalue weighted by molar-refractivity contribution is 9.10. The van der Waals surface area contributed by atoms with Crippen molar-refractivity contribution < 1.29 is 8.42 Å². The van der Waals surface area contributed by atoms with Crippen LogP contribution < -0.4 is 4.72 Å². The summed E-state index contributed by atoms with van der Waals surface area (Å²) in [7, 11) is -1.82. The Hall–Kier alpha value is -1.18. The van der Waals surface area contributed by atoms with Crippen LogP contribution in [-0.4, -0.2) is 18.2 Å². The average Bonchev–Trinajstić information content (AvgIpc) is 2.63. The fraction of sp³-hybridized carbons (Fsp3) is 0.308. The maximum Gasteiger partial charge on any atom is 0.244 e. The fourth-order valence-corrected chi connectivity index (χ4v) is 3.71. The Balaban J connectivity index is 2.21. The number of halogens is 1. The van der Waals surface area contributed by atoms with E-state index in [1.807, 2.05) is 24.3 Å². The summed E-state index contributed by atoms with van der Waals surface area (Å²) >= 11 is 3.34. The molecule has 0 unspecified atom stereocenters. The largest absolute Gasteiger partial charge is 0.271 e. The Bertz CT molecular complexity index is 721. The van der Waals surface area contributed by atoms with Crippen LogP contribution in [0.5, 0.6) is 0 Å². The van der Waals surface area contributed by atoms with E-state index in [2.05, 4.69) is 25.8 Å². The second kappa shape index (κ2) is 5.67. The van der Waals surface area contributed by atoms with Crippen LogP contribution in [0.1, 0.15) is 17.0 Å². The molecule has 1 heterocycles. The van der Waals surface area contributed by atoms with E-state index in [1.54, 1.807) is 25.6 Å². The third kappa shape index (κ3) is 3.11. The molecule has 0 radical (unpaired) electrons. The zero-order valence-corrected chi connectivity index (χ0v) is 13.9. The van der Waals surface area contributed by atoms with Gasteiger partial charge in [-0.25, -0.2) is 13.1 Å². The second-order valence-electron chi connectivity index (χ2n) is 4.57. The van der Waals surface area contributed by atoms with Gasteiger partial charge in [-0.3, -0.25) is 4.68 Å². The minimum absolute atomic E-state index is 0.253. The quantitative estimate of drug-likeness (QED) is 0.912. The summed E-state index contributed by atoms with van der Waals surface area (Å²) in [5.74, 6) is 0. The summed E-state index contributed by atoms with van der Waals surface area (Å²) in [4.78, 5) is 0.261. The van der Waals surface area contributed by atoms with Crippen LogP contribution >= 0.6 is 15.9 Å². The fourth-order valence-electron chi connectivity index (χ4n) is 2.00. The van der Waals surface area contributed by atoms with E-state index in [0.29, 0.717) is 11.4 Å². The third-order valence-corrected chi connectivity index (χ3v) is 5.27. The third-order valence-electron chi connectivity index (χ3n) is 3.09. The highest BCUT2D eigenvalue weighted by Crippen LogP contribution is 2.19. The van der Waals surface area contributed by atoms with Crippen LogP contribution in [0.4, 0.5) is 0 Å². The molecule has 2 rings (SSSR count).